The van der Waals surface area contributed by atoms with Gasteiger partial charge in [-0.15, -0.1) is 0 Å². The van der Waals surface area contributed by atoms with Gasteiger partial charge in [0.1, 0.15) is 5.83 Å². The third-order valence-electron chi connectivity index (χ3n) is 5.09. The van der Waals surface area contributed by atoms with Crippen LogP contribution in [0.4, 0.5) is 4.39 Å². The number of allylic oxidation sites excluding steroid dienone is 1. The zero-order valence-electron chi connectivity index (χ0n) is 16.9. The van der Waals surface area contributed by atoms with E-state index in [1.165, 1.54) is 23.1 Å². The Labute approximate surface area is 168 Å². The summed E-state index contributed by atoms with van der Waals surface area (Å²) in [6.07, 6.45) is 6.90. The van der Waals surface area contributed by atoms with Gasteiger partial charge in [-0.25, -0.2) is 4.39 Å². The van der Waals surface area contributed by atoms with Crippen molar-refractivity contribution in [3.63, 3.8) is 0 Å². The van der Waals surface area contributed by atoms with E-state index in [2.05, 4.69) is 62.4 Å². The summed E-state index contributed by atoms with van der Waals surface area (Å²) in [6.45, 7) is 4.32. The summed E-state index contributed by atoms with van der Waals surface area (Å²) in [6, 6.07) is 25.1. The fourth-order valence-corrected chi connectivity index (χ4v) is 3.38. The molecule has 0 aliphatic heterocycles. The molecule has 0 radical (unpaired) electrons. The minimum atomic E-state index is -0.123. The highest BCUT2D eigenvalue weighted by atomic mass is 19.1. The summed E-state index contributed by atoms with van der Waals surface area (Å²) >= 11 is 0. The molecular formula is C27H29F. The lowest BCUT2D eigenvalue weighted by atomic mass is 9.98. The van der Waals surface area contributed by atoms with Crippen molar-refractivity contribution in [3.05, 3.63) is 90.0 Å². The molecule has 0 fully saturated rings. The molecular weight excluding hydrogens is 343 g/mol. The van der Waals surface area contributed by atoms with Crippen LogP contribution in [0.1, 0.15) is 50.7 Å². The minimum absolute atomic E-state index is 0.123. The van der Waals surface area contributed by atoms with Crippen molar-refractivity contribution in [2.75, 3.05) is 0 Å². The van der Waals surface area contributed by atoms with Crippen LogP contribution < -0.4 is 0 Å². The lowest BCUT2D eigenvalue weighted by Crippen LogP contribution is -1.85. The van der Waals surface area contributed by atoms with Gasteiger partial charge >= 0.3 is 0 Å². The molecule has 0 amide bonds. The fraction of sp³-hybridized carbons (Fsp3) is 0.259. The Bertz CT molecular complexity index is 885. The smallest absolute Gasteiger partial charge is 0.126 e. The van der Waals surface area contributed by atoms with Crippen LogP contribution >= 0.6 is 0 Å². The Balaban J connectivity index is 1.71. The van der Waals surface area contributed by atoms with E-state index in [0.717, 1.165) is 36.8 Å². The van der Waals surface area contributed by atoms with E-state index in [-0.39, 0.29) is 5.83 Å². The first-order valence-electron chi connectivity index (χ1n) is 10.4. The van der Waals surface area contributed by atoms with Crippen molar-refractivity contribution in [3.8, 4) is 22.3 Å². The summed E-state index contributed by atoms with van der Waals surface area (Å²) in [7, 11) is 0. The Kier molecular flexibility index (Phi) is 7.19. The highest BCUT2D eigenvalue weighted by molar-refractivity contribution is 5.72. The number of rotatable bonds is 8. The normalized spacial score (nSPS) is 11.6. The van der Waals surface area contributed by atoms with E-state index in [1.54, 1.807) is 6.08 Å². The molecule has 3 rings (SSSR count). The highest BCUT2D eigenvalue weighted by Gasteiger charge is 2.03. The summed E-state index contributed by atoms with van der Waals surface area (Å²) in [5.41, 5.74) is 6.75. The predicted molar refractivity (Wildman–Crippen MR) is 120 cm³/mol. The van der Waals surface area contributed by atoms with Gasteiger partial charge in [-0.2, -0.15) is 0 Å². The third kappa shape index (κ3) is 5.19. The third-order valence-corrected chi connectivity index (χ3v) is 5.09. The van der Waals surface area contributed by atoms with Crippen LogP contribution in [0.3, 0.4) is 0 Å². The fourth-order valence-electron chi connectivity index (χ4n) is 3.38. The maximum atomic E-state index is 14.2. The number of unbranched alkanes of at least 4 members (excludes halogenated alkanes) is 2. The second-order valence-corrected chi connectivity index (χ2v) is 7.30. The molecule has 3 aromatic carbocycles. The van der Waals surface area contributed by atoms with Crippen LogP contribution in [0.25, 0.3) is 28.1 Å². The molecule has 0 spiro atoms. The molecule has 0 heterocycles. The van der Waals surface area contributed by atoms with Gasteiger partial charge in [0, 0.05) is 5.56 Å². The van der Waals surface area contributed by atoms with E-state index in [0.29, 0.717) is 5.56 Å². The van der Waals surface area contributed by atoms with E-state index in [9.17, 15) is 4.39 Å². The van der Waals surface area contributed by atoms with Crippen molar-refractivity contribution in [1.29, 1.82) is 0 Å². The molecule has 0 aliphatic carbocycles. The molecule has 0 aromatic heterocycles. The lowest BCUT2D eigenvalue weighted by Gasteiger charge is -2.07. The first kappa shape index (κ1) is 20.1. The molecule has 0 N–H and O–H groups in total. The SMILES string of the molecule is CCCC/C=C(/F)c1ccc(-c2ccc(-c3ccc(CCC)cc3)cc2)cc1. The van der Waals surface area contributed by atoms with Crippen molar-refractivity contribution in [1.82, 2.24) is 0 Å². The first-order chi connectivity index (χ1) is 13.7. The monoisotopic (exact) mass is 372 g/mol. The standard InChI is InChI=1S/C27H29F/c1-3-5-6-8-27(28)26-19-17-25(18-20-26)24-15-13-23(14-16-24)22-11-9-21(7-4-2)10-12-22/h8-20H,3-7H2,1-2H3/b27-8+. The molecule has 3 aromatic rings. The number of hydrogen-bond donors (Lipinski definition) is 0. The van der Waals surface area contributed by atoms with Crippen LogP contribution in [-0.4, -0.2) is 0 Å². The van der Waals surface area contributed by atoms with Gasteiger partial charge in [-0.1, -0.05) is 99.5 Å². The van der Waals surface area contributed by atoms with Gasteiger partial charge in [-0.3, -0.25) is 0 Å². The van der Waals surface area contributed by atoms with Crippen molar-refractivity contribution in [2.45, 2.75) is 46.0 Å². The maximum Gasteiger partial charge on any atom is 0.126 e. The average molecular weight is 373 g/mol. The Morgan fingerprint density at radius 2 is 1.14 bits per heavy atom. The van der Waals surface area contributed by atoms with E-state index in [4.69, 9.17) is 0 Å². The predicted octanol–water partition coefficient (Wildman–Crippen LogP) is 8.47. The van der Waals surface area contributed by atoms with Gasteiger partial charge in [-0.05, 0) is 53.2 Å². The topological polar surface area (TPSA) is 0 Å². The van der Waals surface area contributed by atoms with E-state index in [1.807, 2.05) is 24.3 Å². The Morgan fingerprint density at radius 1 is 0.679 bits per heavy atom. The molecule has 0 aliphatic rings. The maximum absolute atomic E-state index is 14.2. The summed E-state index contributed by atoms with van der Waals surface area (Å²) in [5.74, 6) is -0.123. The summed E-state index contributed by atoms with van der Waals surface area (Å²) in [4.78, 5) is 0. The van der Waals surface area contributed by atoms with Crippen molar-refractivity contribution < 1.29 is 4.39 Å². The van der Waals surface area contributed by atoms with Crippen LogP contribution in [0.2, 0.25) is 0 Å². The average Bonchev–Trinajstić information content (AvgIpc) is 2.75. The molecule has 0 unspecified atom stereocenters. The second-order valence-electron chi connectivity index (χ2n) is 7.30. The minimum Gasteiger partial charge on any atom is -0.207 e. The van der Waals surface area contributed by atoms with Crippen molar-refractivity contribution in [2.24, 2.45) is 0 Å². The first-order valence-corrected chi connectivity index (χ1v) is 10.4. The zero-order chi connectivity index (χ0) is 19.8. The lowest BCUT2D eigenvalue weighted by molar-refractivity contribution is 0.741. The van der Waals surface area contributed by atoms with Gasteiger partial charge in [0.05, 0.1) is 0 Å². The van der Waals surface area contributed by atoms with Crippen LogP contribution in [0.5, 0.6) is 0 Å². The second kappa shape index (κ2) is 10.0. The summed E-state index contributed by atoms with van der Waals surface area (Å²) in [5, 5.41) is 0. The molecule has 1 heteroatoms. The molecule has 28 heavy (non-hydrogen) atoms. The van der Waals surface area contributed by atoms with E-state index >= 15 is 0 Å². The van der Waals surface area contributed by atoms with Crippen LogP contribution in [0, 0.1) is 0 Å². The van der Waals surface area contributed by atoms with E-state index < -0.39 is 0 Å². The van der Waals surface area contributed by atoms with Crippen LogP contribution in [-0.2, 0) is 6.42 Å². The molecule has 0 atom stereocenters. The number of hydrogen-bond acceptors (Lipinski definition) is 0. The zero-order valence-corrected chi connectivity index (χ0v) is 16.9. The number of aryl methyl sites for hydroxylation is 1. The Hall–Kier alpha value is -2.67. The van der Waals surface area contributed by atoms with Crippen LogP contribution in [0.15, 0.2) is 78.9 Å². The Morgan fingerprint density at radius 3 is 1.61 bits per heavy atom. The molecule has 0 bridgehead atoms. The number of benzene rings is 3. The quantitative estimate of drug-likeness (QED) is 0.348. The molecule has 0 saturated carbocycles. The molecule has 144 valence electrons. The number of halogens is 1. The molecule has 0 nitrogen and oxygen atoms in total. The largest absolute Gasteiger partial charge is 0.207 e. The van der Waals surface area contributed by atoms with Gasteiger partial charge in [0.25, 0.3) is 0 Å². The molecule has 0 saturated heterocycles. The highest BCUT2D eigenvalue weighted by Crippen LogP contribution is 2.27. The summed E-state index contributed by atoms with van der Waals surface area (Å²) < 4.78 is 14.2. The van der Waals surface area contributed by atoms with Gasteiger partial charge in [0.15, 0.2) is 0 Å². The van der Waals surface area contributed by atoms with Gasteiger partial charge < -0.3 is 0 Å². The van der Waals surface area contributed by atoms with Gasteiger partial charge in [0.2, 0.25) is 0 Å². The van der Waals surface area contributed by atoms with Crippen molar-refractivity contribution >= 4 is 5.83 Å².